The summed E-state index contributed by atoms with van der Waals surface area (Å²) in [5.41, 5.74) is 2.34. The van der Waals surface area contributed by atoms with Crippen LogP contribution in [0.1, 0.15) is 35.7 Å². The Morgan fingerprint density at radius 3 is 3.00 bits per heavy atom. The summed E-state index contributed by atoms with van der Waals surface area (Å²) >= 11 is 0. The molecule has 1 aromatic rings. The number of carbonyl (C=O) groups excluding carboxylic acids is 2. The number of anilines is 1. The highest BCUT2D eigenvalue weighted by Crippen LogP contribution is 2.24. The molecule has 2 atom stereocenters. The molecule has 1 fully saturated rings. The van der Waals surface area contributed by atoms with Crippen LogP contribution in [-0.4, -0.2) is 42.4 Å². The summed E-state index contributed by atoms with van der Waals surface area (Å²) in [6.07, 6.45) is 2.36. The zero-order chi connectivity index (χ0) is 15.0. The van der Waals surface area contributed by atoms with Gasteiger partial charge in [-0.2, -0.15) is 0 Å². The number of benzene rings is 1. The number of amides is 2. The third-order valence-electron chi connectivity index (χ3n) is 4.54. The maximum atomic E-state index is 12.3. The van der Waals surface area contributed by atoms with Gasteiger partial charge in [-0.25, -0.2) is 0 Å². The molecule has 2 aliphatic heterocycles. The molecule has 2 aliphatic rings. The molecule has 0 saturated carbocycles. The van der Waals surface area contributed by atoms with Gasteiger partial charge in [-0.1, -0.05) is 6.07 Å². The van der Waals surface area contributed by atoms with Crippen molar-refractivity contribution in [2.45, 2.75) is 38.3 Å². The number of nitrogens with zero attached hydrogens (tertiary/aromatic N) is 1. The summed E-state index contributed by atoms with van der Waals surface area (Å²) in [5, 5.41) is 5.89. The molecule has 0 bridgehead atoms. The van der Waals surface area contributed by atoms with Crippen molar-refractivity contribution in [2.24, 2.45) is 0 Å². The monoisotopic (exact) mass is 287 g/mol. The van der Waals surface area contributed by atoms with E-state index in [0.29, 0.717) is 18.0 Å². The first-order chi connectivity index (χ1) is 10.0. The zero-order valence-electron chi connectivity index (χ0n) is 12.5. The second-order valence-electron chi connectivity index (χ2n) is 6.12. The molecule has 1 saturated heterocycles. The Bertz CT molecular complexity index is 585. The molecule has 0 aliphatic carbocycles. The Kier molecular flexibility index (Phi) is 3.68. The fourth-order valence-electron chi connectivity index (χ4n) is 3.04. The lowest BCUT2D eigenvalue weighted by molar-refractivity contribution is -0.115. The second kappa shape index (κ2) is 5.48. The van der Waals surface area contributed by atoms with E-state index in [0.717, 1.165) is 30.6 Å². The maximum absolute atomic E-state index is 12.3. The molecule has 5 heteroatoms. The zero-order valence-corrected chi connectivity index (χ0v) is 12.5. The van der Waals surface area contributed by atoms with Gasteiger partial charge in [0.05, 0.1) is 6.42 Å². The van der Waals surface area contributed by atoms with Gasteiger partial charge in [0.2, 0.25) is 5.91 Å². The number of rotatable bonds is 2. The van der Waals surface area contributed by atoms with E-state index in [9.17, 15) is 9.59 Å². The van der Waals surface area contributed by atoms with Crippen LogP contribution in [-0.2, 0) is 11.2 Å². The summed E-state index contributed by atoms with van der Waals surface area (Å²) < 4.78 is 0. The summed E-state index contributed by atoms with van der Waals surface area (Å²) in [6, 6.07) is 6.15. The predicted octanol–water partition coefficient (Wildman–Crippen LogP) is 1.39. The van der Waals surface area contributed by atoms with Gasteiger partial charge in [0, 0.05) is 29.9 Å². The van der Waals surface area contributed by atoms with Crippen LogP contribution in [0.2, 0.25) is 0 Å². The second-order valence-corrected chi connectivity index (χ2v) is 6.12. The van der Waals surface area contributed by atoms with Gasteiger partial charge in [0.1, 0.15) is 0 Å². The Morgan fingerprint density at radius 1 is 1.43 bits per heavy atom. The lowest BCUT2D eigenvalue weighted by atomic mass is 9.98. The van der Waals surface area contributed by atoms with Gasteiger partial charge in [-0.05, 0) is 44.5 Å². The molecule has 2 N–H and O–H groups in total. The minimum atomic E-state index is -0.0549. The lowest BCUT2D eigenvalue weighted by Gasteiger charge is -2.35. The molecule has 21 heavy (non-hydrogen) atoms. The molecular formula is C16H21N3O2. The molecule has 0 aromatic heterocycles. The third-order valence-corrected chi connectivity index (χ3v) is 4.54. The normalized spacial score (nSPS) is 25.3. The van der Waals surface area contributed by atoms with Crippen molar-refractivity contribution in [2.75, 3.05) is 18.9 Å². The Morgan fingerprint density at radius 2 is 2.24 bits per heavy atom. The Hall–Kier alpha value is -1.88. The van der Waals surface area contributed by atoms with E-state index in [2.05, 4.69) is 29.5 Å². The van der Waals surface area contributed by atoms with E-state index < -0.39 is 0 Å². The predicted molar refractivity (Wildman–Crippen MR) is 81.4 cm³/mol. The van der Waals surface area contributed by atoms with Crippen molar-refractivity contribution in [3.8, 4) is 0 Å². The first-order valence-corrected chi connectivity index (χ1v) is 7.47. The van der Waals surface area contributed by atoms with Gasteiger partial charge < -0.3 is 15.5 Å². The molecule has 2 heterocycles. The highest BCUT2D eigenvalue weighted by Gasteiger charge is 2.25. The van der Waals surface area contributed by atoms with Crippen LogP contribution in [0.15, 0.2) is 18.2 Å². The standard InChI is InChI=1S/C16H21N3O2/c1-10-7-13(5-6-19(10)2)17-16(21)12-4-3-11-9-15(20)18-14(11)8-12/h3-4,8,10,13H,5-7,9H2,1-2H3,(H,17,21)(H,18,20). The Labute approximate surface area is 124 Å². The average molecular weight is 287 g/mol. The summed E-state index contributed by atoms with van der Waals surface area (Å²) in [6.45, 7) is 3.19. The van der Waals surface area contributed by atoms with Crippen LogP contribution in [0.25, 0.3) is 0 Å². The van der Waals surface area contributed by atoms with Crippen LogP contribution in [0.3, 0.4) is 0 Å². The Balaban J connectivity index is 1.66. The number of carbonyl (C=O) groups is 2. The quantitative estimate of drug-likeness (QED) is 0.864. The number of likely N-dealkylation sites (tertiary alicyclic amines) is 1. The van der Waals surface area contributed by atoms with Gasteiger partial charge in [0.25, 0.3) is 5.91 Å². The minimum absolute atomic E-state index is 0.00768. The molecule has 0 radical (unpaired) electrons. The number of hydrogen-bond donors (Lipinski definition) is 2. The number of hydrogen-bond acceptors (Lipinski definition) is 3. The largest absolute Gasteiger partial charge is 0.349 e. The molecular weight excluding hydrogens is 266 g/mol. The molecule has 3 rings (SSSR count). The highest BCUT2D eigenvalue weighted by molar-refractivity contribution is 6.02. The first-order valence-electron chi connectivity index (χ1n) is 7.47. The average Bonchev–Trinajstić information content (AvgIpc) is 2.82. The highest BCUT2D eigenvalue weighted by atomic mass is 16.2. The smallest absolute Gasteiger partial charge is 0.251 e. The SMILES string of the molecule is CC1CC(NC(=O)c2ccc3c(c2)NC(=O)C3)CCN1C. The number of fused-ring (bicyclic) bond motifs is 1. The molecule has 2 amide bonds. The van der Waals surface area contributed by atoms with Gasteiger partial charge in [-0.3, -0.25) is 9.59 Å². The van der Waals surface area contributed by atoms with E-state index >= 15 is 0 Å². The first kappa shape index (κ1) is 14.1. The van der Waals surface area contributed by atoms with Crippen molar-refractivity contribution in [3.05, 3.63) is 29.3 Å². The lowest BCUT2D eigenvalue weighted by Crippen LogP contribution is -2.47. The van der Waals surface area contributed by atoms with Gasteiger partial charge in [-0.15, -0.1) is 0 Å². The molecule has 2 unspecified atom stereocenters. The van der Waals surface area contributed by atoms with Gasteiger partial charge >= 0.3 is 0 Å². The van der Waals surface area contributed by atoms with Crippen molar-refractivity contribution >= 4 is 17.5 Å². The van der Waals surface area contributed by atoms with E-state index in [1.165, 1.54) is 0 Å². The van der Waals surface area contributed by atoms with Crippen molar-refractivity contribution < 1.29 is 9.59 Å². The molecule has 1 aromatic carbocycles. The van der Waals surface area contributed by atoms with Crippen LogP contribution in [0.5, 0.6) is 0 Å². The van der Waals surface area contributed by atoms with Crippen LogP contribution < -0.4 is 10.6 Å². The van der Waals surface area contributed by atoms with E-state index in [4.69, 9.17) is 0 Å². The summed E-state index contributed by atoms with van der Waals surface area (Å²) in [7, 11) is 2.12. The molecule has 5 nitrogen and oxygen atoms in total. The van der Waals surface area contributed by atoms with Crippen LogP contribution in [0, 0.1) is 0 Å². The van der Waals surface area contributed by atoms with Crippen LogP contribution in [0.4, 0.5) is 5.69 Å². The topological polar surface area (TPSA) is 61.4 Å². The van der Waals surface area contributed by atoms with E-state index in [1.807, 2.05) is 6.07 Å². The summed E-state index contributed by atoms with van der Waals surface area (Å²) in [5.74, 6) is -0.0626. The fraction of sp³-hybridized carbons (Fsp3) is 0.500. The van der Waals surface area contributed by atoms with Crippen LogP contribution >= 0.6 is 0 Å². The summed E-state index contributed by atoms with van der Waals surface area (Å²) in [4.78, 5) is 26.0. The van der Waals surface area contributed by atoms with E-state index in [1.54, 1.807) is 12.1 Å². The van der Waals surface area contributed by atoms with Crippen molar-refractivity contribution in [3.63, 3.8) is 0 Å². The minimum Gasteiger partial charge on any atom is -0.349 e. The maximum Gasteiger partial charge on any atom is 0.251 e. The van der Waals surface area contributed by atoms with Crippen molar-refractivity contribution in [1.29, 1.82) is 0 Å². The van der Waals surface area contributed by atoms with E-state index in [-0.39, 0.29) is 17.9 Å². The third kappa shape index (κ3) is 2.93. The fourth-order valence-corrected chi connectivity index (χ4v) is 3.04. The number of piperidine rings is 1. The number of nitrogens with one attached hydrogen (secondary N) is 2. The molecule has 0 spiro atoms. The van der Waals surface area contributed by atoms with Crippen molar-refractivity contribution in [1.82, 2.24) is 10.2 Å². The van der Waals surface area contributed by atoms with Gasteiger partial charge in [0.15, 0.2) is 0 Å². The molecule has 112 valence electrons.